The minimum absolute atomic E-state index is 0.0444. The first-order valence-electron chi connectivity index (χ1n) is 11.2. The summed E-state index contributed by atoms with van der Waals surface area (Å²) in [5, 5.41) is 2.89. The van der Waals surface area contributed by atoms with Crippen molar-refractivity contribution in [3.8, 4) is 17.2 Å². The summed E-state index contributed by atoms with van der Waals surface area (Å²) in [5.74, 6) is 0.458. The fourth-order valence-electron chi connectivity index (χ4n) is 4.06. The van der Waals surface area contributed by atoms with Crippen LogP contribution in [0.2, 0.25) is 0 Å². The Morgan fingerprint density at radius 3 is 2.23 bits per heavy atom. The zero-order chi connectivity index (χ0) is 24.9. The van der Waals surface area contributed by atoms with Crippen molar-refractivity contribution in [3.05, 3.63) is 88.5 Å². The predicted molar refractivity (Wildman–Crippen MR) is 129 cm³/mol. The molecule has 0 radical (unpaired) electrons. The van der Waals surface area contributed by atoms with Crippen LogP contribution in [0.1, 0.15) is 49.1 Å². The van der Waals surface area contributed by atoms with Crippen LogP contribution >= 0.6 is 0 Å². The third-order valence-electron chi connectivity index (χ3n) is 5.73. The van der Waals surface area contributed by atoms with Gasteiger partial charge in [-0.3, -0.25) is 19.3 Å². The summed E-state index contributed by atoms with van der Waals surface area (Å²) in [4.78, 5) is 39.8. The summed E-state index contributed by atoms with van der Waals surface area (Å²) in [6.45, 7) is 2.45. The molecule has 4 rings (SSSR count). The summed E-state index contributed by atoms with van der Waals surface area (Å²) in [6, 6.07) is 17.2. The molecule has 0 fully saturated rings. The standard InChI is InChI=1S/C27H26N2O6/c1-4-35-22-13-12-17(16-29-26(31)19-9-5-6-10-20(19)27(29)32)14-21(22)25(30)28-15-18-8-7-11-23(33-2)24(18)34-3/h5-14H,4,15-16H2,1-3H3,(H,28,30). The number of carbonyl (C=O) groups is 3. The summed E-state index contributed by atoms with van der Waals surface area (Å²) >= 11 is 0. The second kappa shape index (κ2) is 10.3. The fourth-order valence-corrected chi connectivity index (χ4v) is 4.06. The molecular weight excluding hydrogens is 448 g/mol. The van der Waals surface area contributed by atoms with E-state index in [2.05, 4.69) is 5.32 Å². The molecule has 8 nitrogen and oxygen atoms in total. The lowest BCUT2D eigenvalue weighted by Crippen LogP contribution is -2.29. The topological polar surface area (TPSA) is 94.2 Å². The number of fused-ring (bicyclic) bond motifs is 1. The Bertz CT molecular complexity index is 1250. The van der Waals surface area contributed by atoms with Gasteiger partial charge in [-0.15, -0.1) is 0 Å². The fraction of sp³-hybridized carbons (Fsp3) is 0.222. The molecule has 3 aromatic rings. The van der Waals surface area contributed by atoms with Crippen molar-refractivity contribution in [2.24, 2.45) is 0 Å². The van der Waals surface area contributed by atoms with Crippen LogP contribution in [0.4, 0.5) is 0 Å². The first-order valence-corrected chi connectivity index (χ1v) is 11.2. The van der Waals surface area contributed by atoms with E-state index < -0.39 is 0 Å². The minimum Gasteiger partial charge on any atom is -0.493 e. The molecule has 3 amide bonds. The number of amides is 3. The zero-order valence-corrected chi connectivity index (χ0v) is 19.8. The monoisotopic (exact) mass is 474 g/mol. The maximum Gasteiger partial charge on any atom is 0.261 e. The molecule has 0 atom stereocenters. The SMILES string of the molecule is CCOc1ccc(CN2C(=O)c3ccccc3C2=O)cc1C(=O)NCc1cccc(OC)c1OC. The van der Waals surface area contributed by atoms with Crippen molar-refractivity contribution in [1.29, 1.82) is 0 Å². The van der Waals surface area contributed by atoms with E-state index in [1.165, 1.54) is 4.90 Å². The van der Waals surface area contributed by atoms with Gasteiger partial charge >= 0.3 is 0 Å². The Labute approximate surface area is 203 Å². The van der Waals surface area contributed by atoms with Crippen LogP contribution in [0.3, 0.4) is 0 Å². The summed E-state index contributed by atoms with van der Waals surface area (Å²) in [5.41, 5.74) is 2.46. The van der Waals surface area contributed by atoms with E-state index in [0.29, 0.717) is 46.1 Å². The Balaban J connectivity index is 1.56. The van der Waals surface area contributed by atoms with Crippen LogP contribution in [0.5, 0.6) is 17.2 Å². The number of hydrogen-bond acceptors (Lipinski definition) is 6. The molecule has 1 aliphatic rings. The van der Waals surface area contributed by atoms with E-state index in [9.17, 15) is 14.4 Å². The van der Waals surface area contributed by atoms with Crippen LogP contribution in [-0.2, 0) is 13.1 Å². The van der Waals surface area contributed by atoms with Gasteiger partial charge in [-0.2, -0.15) is 0 Å². The van der Waals surface area contributed by atoms with E-state index in [0.717, 1.165) is 5.56 Å². The molecule has 0 saturated heterocycles. The van der Waals surface area contributed by atoms with Gasteiger partial charge in [-0.25, -0.2) is 0 Å². The summed E-state index contributed by atoms with van der Waals surface area (Å²) < 4.78 is 16.4. The second-order valence-corrected chi connectivity index (χ2v) is 7.84. The van der Waals surface area contributed by atoms with Gasteiger partial charge in [-0.05, 0) is 42.8 Å². The zero-order valence-electron chi connectivity index (χ0n) is 19.8. The van der Waals surface area contributed by atoms with Gasteiger partial charge in [0.05, 0.1) is 44.1 Å². The van der Waals surface area contributed by atoms with Gasteiger partial charge in [0.15, 0.2) is 11.5 Å². The molecule has 0 aliphatic carbocycles. The van der Waals surface area contributed by atoms with E-state index in [-0.39, 0.29) is 30.8 Å². The van der Waals surface area contributed by atoms with Crippen molar-refractivity contribution >= 4 is 17.7 Å². The molecular formula is C27H26N2O6. The normalized spacial score (nSPS) is 12.4. The predicted octanol–water partition coefficient (Wildman–Crippen LogP) is 3.83. The molecule has 0 unspecified atom stereocenters. The van der Waals surface area contributed by atoms with Gasteiger partial charge in [-0.1, -0.05) is 30.3 Å². The molecule has 0 aromatic heterocycles. The van der Waals surface area contributed by atoms with Crippen LogP contribution in [0.25, 0.3) is 0 Å². The van der Waals surface area contributed by atoms with Gasteiger partial charge in [0, 0.05) is 12.1 Å². The number of imide groups is 1. The number of carbonyl (C=O) groups excluding carboxylic acids is 3. The van der Waals surface area contributed by atoms with Crippen molar-refractivity contribution < 1.29 is 28.6 Å². The quantitative estimate of drug-likeness (QED) is 0.474. The van der Waals surface area contributed by atoms with Gasteiger partial charge < -0.3 is 19.5 Å². The summed E-state index contributed by atoms with van der Waals surface area (Å²) in [6.07, 6.45) is 0. The van der Waals surface area contributed by atoms with E-state index in [4.69, 9.17) is 14.2 Å². The molecule has 1 heterocycles. The number of nitrogens with one attached hydrogen (secondary N) is 1. The summed E-state index contributed by atoms with van der Waals surface area (Å²) in [7, 11) is 3.09. The number of rotatable bonds is 9. The van der Waals surface area contributed by atoms with Crippen molar-refractivity contribution in [2.45, 2.75) is 20.0 Å². The molecule has 0 saturated carbocycles. The Morgan fingerprint density at radius 2 is 1.60 bits per heavy atom. The van der Waals surface area contributed by atoms with Gasteiger partial charge in [0.1, 0.15) is 5.75 Å². The largest absolute Gasteiger partial charge is 0.493 e. The highest BCUT2D eigenvalue weighted by atomic mass is 16.5. The lowest BCUT2D eigenvalue weighted by atomic mass is 10.1. The van der Waals surface area contributed by atoms with E-state index in [1.807, 2.05) is 19.1 Å². The number of para-hydroxylation sites is 1. The molecule has 0 spiro atoms. The van der Waals surface area contributed by atoms with Gasteiger partial charge in [0.25, 0.3) is 17.7 Å². The number of nitrogens with zero attached hydrogens (tertiary/aromatic N) is 1. The number of hydrogen-bond donors (Lipinski definition) is 1. The van der Waals surface area contributed by atoms with E-state index in [1.54, 1.807) is 62.8 Å². The maximum atomic E-state index is 13.2. The average Bonchev–Trinajstić information content (AvgIpc) is 3.12. The van der Waals surface area contributed by atoms with Crippen molar-refractivity contribution in [1.82, 2.24) is 10.2 Å². The first-order chi connectivity index (χ1) is 17.0. The highest BCUT2D eigenvalue weighted by molar-refractivity contribution is 6.21. The van der Waals surface area contributed by atoms with Crippen LogP contribution < -0.4 is 19.5 Å². The number of benzene rings is 3. The lowest BCUT2D eigenvalue weighted by molar-refractivity contribution is 0.0642. The maximum absolute atomic E-state index is 13.2. The average molecular weight is 475 g/mol. The highest BCUT2D eigenvalue weighted by Crippen LogP contribution is 2.31. The van der Waals surface area contributed by atoms with Crippen LogP contribution in [0.15, 0.2) is 60.7 Å². The number of methoxy groups -OCH3 is 2. The molecule has 3 aromatic carbocycles. The Morgan fingerprint density at radius 1 is 0.886 bits per heavy atom. The first kappa shape index (κ1) is 23.8. The minimum atomic E-state index is -0.359. The molecule has 0 bridgehead atoms. The smallest absolute Gasteiger partial charge is 0.261 e. The third-order valence-corrected chi connectivity index (χ3v) is 5.73. The molecule has 35 heavy (non-hydrogen) atoms. The molecule has 1 aliphatic heterocycles. The van der Waals surface area contributed by atoms with Crippen LogP contribution in [-0.4, -0.2) is 43.4 Å². The highest BCUT2D eigenvalue weighted by Gasteiger charge is 2.35. The van der Waals surface area contributed by atoms with E-state index >= 15 is 0 Å². The molecule has 8 heteroatoms. The molecule has 180 valence electrons. The molecule has 1 N–H and O–H groups in total. The van der Waals surface area contributed by atoms with Crippen molar-refractivity contribution in [3.63, 3.8) is 0 Å². The number of ether oxygens (including phenoxy) is 3. The second-order valence-electron chi connectivity index (χ2n) is 7.84. The lowest BCUT2D eigenvalue weighted by Gasteiger charge is -2.17. The third kappa shape index (κ3) is 4.68. The van der Waals surface area contributed by atoms with Crippen molar-refractivity contribution in [2.75, 3.05) is 20.8 Å². The Hall–Kier alpha value is -4.33. The van der Waals surface area contributed by atoms with Gasteiger partial charge in [0.2, 0.25) is 0 Å². The van der Waals surface area contributed by atoms with Crippen LogP contribution in [0, 0.1) is 0 Å². The Kier molecular flexibility index (Phi) is 7.01.